The first-order chi connectivity index (χ1) is 15.4. The van der Waals surface area contributed by atoms with Crippen LogP contribution in [0.25, 0.3) is 0 Å². The first-order valence-corrected chi connectivity index (χ1v) is 11.4. The fourth-order valence-electron chi connectivity index (χ4n) is 4.43. The molecule has 0 bridgehead atoms. The van der Waals surface area contributed by atoms with E-state index in [1.165, 1.54) is 11.6 Å². The van der Waals surface area contributed by atoms with Gasteiger partial charge in [-0.15, -0.1) is 0 Å². The average Bonchev–Trinajstić information content (AvgIpc) is 3.69. The zero-order chi connectivity index (χ0) is 22.4. The third-order valence-corrected chi connectivity index (χ3v) is 6.68. The van der Waals surface area contributed by atoms with Crippen molar-refractivity contribution in [2.75, 3.05) is 0 Å². The molecule has 0 saturated heterocycles. The zero-order valence-electron chi connectivity index (χ0n) is 18.6. The molecule has 166 valence electrons. The van der Waals surface area contributed by atoms with Gasteiger partial charge in [-0.1, -0.05) is 18.2 Å². The van der Waals surface area contributed by atoms with E-state index in [9.17, 15) is 9.18 Å². The Morgan fingerprint density at radius 1 is 1.16 bits per heavy atom. The Morgan fingerprint density at radius 2 is 1.94 bits per heavy atom. The molecule has 0 radical (unpaired) electrons. The van der Waals surface area contributed by atoms with Crippen LogP contribution in [-0.2, 0) is 13.6 Å². The SMILES string of the molecule is Cc1cc(C(NC(=O)c2cc(Cn3ccn(C)c3=N)cc(C3CC3)c2)C2CC2)ccc1F. The predicted octanol–water partition coefficient (Wildman–Crippen LogP) is 4.56. The minimum Gasteiger partial charge on any atom is -0.345 e. The molecule has 6 heteroatoms. The number of rotatable bonds is 7. The van der Waals surface area contributed by atoms with Crippen LogP contribution in [0.5, 0.6) is 0 Å². The molecular weight excluding hydrogens is 403 g/mol. The Balaban J connectivity index is 1.43. The van der Waals surface area contributed by atoms with Crippen LogP contribution >= 0.6 is 0 Å². The van der Waals surface area contributed by atoms with Gasteiger partial charge in [-0.3, -0.25) is 10.2 Å². The molecule has 1 unspecified atom stereocenters. The topological polar surface area (TPSA) is 62.8 Å². The number of nitrogens with one attached hydrogen (secondary N) is 2. The van der Waals surface area contributed by atoms with Crippen molar-refractivity contribution >= 4 is 5.91 Å². The second-order valence-corrected chi connectivity index (χ2v) is 9.40. The van der Waals surface area contributed by atoms with Gasteiger partial charge in [0, 0.05) is 25.0 Å². The van der Waals surface area contributed by atoms with Crippen LogP contribution in [0.2, 0.25) is 0 Å². The Bertz CT molecular complexity index is 1230. The molecule has 5 rings (SSSR count). The van der Waals surface area contributed by atoms with Gasteiger partial charge in [-0.05, 0) is 84.9 Å². The van der Waals surface area contributed by atoms with Crippen LogP contribution in [0, 0.1) is 24.1 Å². The summed E-state index contributed by atoms with van der Waals surface area (Å²) in [6.45, 7) is 2.32. The third-order valence-electron chi connectivity index (χ3n) is 6.68. The van der Waals surface area contributed by atoms with Gasteiger partial charge in [0.15, 0.2) is 0 Å². The number of amides is 1. The summed E-state index contributed by atoms with van der Waals surface area (Å²) in [6.07, 6.45) is 8.23. The number of halogens is 1. The fourth-order valence-corrected chi connectivity index (χ4v) is 4.43. The molecule has 2 aliphatic rings. The van der Waals surface area contributed by atoms with Crippen molar-refractivity contribution in [3.8, 4) is 0 Å². The largest absolute Gasteiger partial charge is 0.345 e. The van der Waals surface area contributed by atoms with Crippen LogP contribution in [0.4, 0.5) is 4.39 Å². The summed E-state index contributed by atoms with van der Waals surface area (Å²) in [5.41, 5.74) is 4.90. The molecule has 1 atom stereocenters. The molecule has 2 saturated carbocycles. The molecule has 1 heterocycles. The summed E-state index contributed by atoms with van der Waals surface area (Å²) in [6, 6.07) is 11.2. The number of aryl methyl sites for hydroxylation is 2. The van der Waals surface area contributed by atoms with Gasteiger partial charge in [-0.25, -0.2) is 4.39 Å². The highest BCUT2D eigenvalue weighted by molar-refractivity contribution is 5.95. The van der Waals surface area contributed by atoms with Crippen molar-refractivity contribution in [1.82, 2.24) is 14.5 Å². The summed E-state index contributed by atoms with van der Waals surface area (Å²) in [5, 5.41) is 11.4. The lowest BCUT2D eigenvalue weighted by molar-refractivity contribution is 0.0931. The average molecular weight is 433 g/mol. The standard InChI is InChI=1S/C26H29FN4O/c1-16-11-20(7-8-23(16)27)24(19-5-6-19)29-25(32)22-13-17(12-21(14-22)18-3-4-18)15-31-10-9-30(2)26(31)28/h7-14,18-19,24,28H,3-6,15H2,1-2H3,(H,29,32). The molecule has 2 N–H and O–H groups in total. The Kier molecular flexibility index (Phi) is 5.24. The minimum absolute atomic E-state index is 0.0863. The van der Waals surface area contributed by atoms with Gasteiger partial charge in [0.1, 0.15) is 5.82 Å². The molecule has 1 aromatic heterocycles. The van der Waals surface area contributed by atoms with Crippen molar-refractivity contribution in [1.29, 1.82) is 5.41 Å². The molecular formula is C26H29FN4O. The van der Waals surface area contributed by atoms with E-state index in [1.807, 2.05) is 42.2 Å². The quantitative estimate of drug-likeness (QED) is 0.565. The van der Waals surface area contributed by atoms with Gasteiger partial charge in [0.05, 0.1) is 12.6 Å². The monoisotopic (exact) mass is 432 g/mol. The lowest BCUT2D eigenvalue weighted by Crippen LogP contribution is -2.30. The minimum atomic E-state index is -0.219. The second-order valence-electron chi connectivity index (χ2n) is 9.40. The summed E-state index contributed by atoms with van der Waals surface area (Å²) >= 11 is 0. The van der Waals surface area contributed by atoms with E-state index in [2.05, 4.69) is 11.4 Å². The van der Waals surface area contributed by atoms with Gasteiger partial charge in [0.2, 0.25) is 5.62 Å². The maximum absolute atomic E-state index is 13.8. The van der Waals surface area contributed by atoms with Gasteiger partial charge in [-0.2, -0.15) is 0 Å². The molecule has 1 amide bonds. The van der Waals surface area contributed by atoms with Crippen molar-refractivity contribution in [2.45, 2.75) is 51.1 Å². The van der Waals surface area contributed by atoms with Crippen LogP contribution in [0.3, 0.4) is 0 Å². The number of carbonyl (C=O) groups excluding carboxylic acids is 1. The van der Waals surface area contributed by atoms with Crippen LogP contribution in [0.1, 0.15) is 70.3 Å². The third kappa shape index (κ3) is 4.27. The molecule has 5 nitrogen and oxygen atoms in total. The smallest absolute Gasteiger partial charge is 0.251 e. The van der Waals surface area contributed by atoms with E-state index in [0.717, 1.165) is 36.8 Å². The summed E-state index contributed by atoms with van der Waals surface area (Å²) < 4.78 is 17.4. The van der Waals surface area contributed by atoms with Gasteiger partial charge in [0.25, 0.3) is 5.91 Å². The Morgan fingerprint density at radius 3 is 2.56 bits per heavy atom. The first-order valence-electron chi connectivity index (χ1n) is 11.4. The summed E-state index contributed by atoms with van der Waals surface area (Å²) in [7, 11) is 1.85. The van der Waals surface area contributed by atoms with Crippen LogP contribution in [-0.4, -0.2) is 15.0 Å². The summed E-state index contributed by atoms with van der Waals surface area (Å²) in [4.78, 5) is 13.4. The molecule has 0 aliphatic heterocycles. The van der Waals surface area contributed by atoms with E-state index in [4.69, 9.17) is 5.41 Å². The lowest BCUT2D eigenvalue weighted by atomic mass is 9.98. The highest BCUT2D eigenvalue weighted by Gasteiger charge is 2.34. The predicted molar refractivity (Wildman–Crippen MR) is 121 cm³/mol. The van der Waals surface area contributed by atoms with Crippen molar-refractivity contribution in [3.63, 3.8) is 0 Å². The van der Waals surface area contributed by atoms with E-state index in [-0.39, 0.29) is 17.8 Å². The highest BCUT2D eigenvalue weighted by Crippen LogP contribution is 2.42. The maximum atomic E-state index is 13.8. The number of nitrogens with zero attached hydrogens (tertiary/aromatic N) is 2. The molecule has 32 heavy (non-hydrogen) atoms. The zero-order valence-corrected chi connectivity index (χ0v) is 18.6. The fraction of sp³-hybridized carbons (Fsp3) is 0.385. The number of benzene rings is 2. The normalized spacial score (nSPS) is 16.7. The first kappa shape index (κ1) is 20.7. The highest BCUT2D eigenvalue weighted by atomic mass is 19.1. The van der Waals surface area contributed by atoms with E-state index < -0.39 is 0 Å². The Hall–Kier alpha value is -3.15. The lowest BCUT2D eigenvalue weighted by Gasteiger charge is -2.20. The van der Waals surface area contributed by atoms with Crippen LogP contribution in [0.15, 0.2) is 48.8 Å². The molecule has 2 fully saturated rings. The Labute approximate surface area is 187 Å². The van der Waals surface area contributed by atoms with Crippen LogP contribution < -0.4 is 10.9 Å². The number of hydrogen-bond acceptors (Lipinski definition) is 2. The number of imidazole rings is 1. The summed E-state index contributed by atoms with van der Waals surface area (Å²) in [5.74, 6) is 0.623. The number of hydrogen-bond donors (Lipinski definition) is 2. The van der Waals surface area contributed by atoms with E-state index in [1.54, 1.807) is 17.6 Å². The van der Waals surface area contributed by atoms with E-state index in [0.29, 0.717) is 35.1 Å². The van der Waals surface area contributed by atoms with Gasteiger partial charge < -0.3 is 14.5 Å². The number of carbonyl (C=O) groups is 1. The molecule has 2 aliphatic carbocycles. The number of aromatic nitrogens is 2. The molecule has 0 spiro atoms. The van der Waals surface area contributed by atoms with Crippen molar-refractivity contribution in [3.05, 3.63) is 88.0 Å². The molecule has 3 aromatic rings. The molecule has 2 aromatic carbocycles. The van der Waals surface area contributed by atoms with Crippen molar-refractivity contribution in [2.24, 2.45) is 13.0 Å². The second kappa shape index (κ2) is 8.08. The van der Waals surface area contributed by atoms with Gasteiger partial charge >= 0.3 is 0 Å². The van der Waals surface area contributed by atoms with E-state index >= 15 is 0 Å². The van der Waals surface area contributed by atoms with Crippen molar-refractivity contribution < 1.29 is 9.18 Å². The maximum Gasteiger partial charge on any atom is 0.251 e.